The molecule has 2 saturated carbocycles. The Morgan fingerprint density at radius 3 is 2.43 bits per heavy atom. The zero-order valence-electron chi connectivity index (χ0n) is 22.6. The molecule has 0 radical (unpaired) electrons. The molecule has 35 heavy (non-hydrogen) atoms. The predicted molar refractivity (Wildman–Crippen MR) is 144 cm³/mol. The van der Waals surface area contributed by atoms with E-state index in [1.807, 2.05) is 13.0 Å². The summed E-state index contributed by atoms with van der Waals surface area (Å²) in [7, 11) is 0. The molecule has 1 unspecified atom stereocenters. The Morgan fingerprint density at radius 1 is 0.971 bits per heavy atom. The number of allylic oxidation sites excluding steroid dienone is 3. The summed E-state index contributed by atoms with van der Waals surface area (Å²) in [6.45, 7) is 15.9. The van der Waals surface area contributed by atoms with Crippen molar-refractivity contribution in [1.29, 1.82) is 0 Å². The molecule has 0 amide bonds. The molecule has 6 rings (SSSR count). The zero-order chi connectivity index (χ0) is 24.8. The van der Waals surface area contributed by atoms with Crippen molar-refractivity contribution in [2.24, 2.45) is 28.1 Å². The molecule has 1 saturated heterocycles. The van der Waals surface area contributed by atoms with Crippen LogP contribution in [0.15, 0.2) is 23.8 Å². The van der Waals surface area contributed by atoms with E-state index in [9.17, 15) is 10.2 Å². The fourth-order valence-corrected chi connectivity index (χ4v) is 9.35. The molecule has 1 aromatic rings. The summed E-state index contributed by atoms with van der Waals surface area (Å²) in [5, 5.41) is 20.9. The van der Waals surface area contributed by atoms with Crippen molar-refractivity contribution in [2.75, 3.05) is 19.6 Å². The number of nitrogens with zero attached hydrogens (tertiary/aromatic N) is 1. The van der Waals surface area contributed by atoms with Crippen LogP contribution in [0.5, 0.6) is 11.5 Å². The summed E-state index contributed by atoms with van der Waals surface area (Å²) in [5.41, 5.74) is 5.81. The fraction of sp³-hybridized carbons (Fsp3) is 0.688. The minimum Gasteiger partial charge on any atom is -0.504 e. The second kappa shape index (κ2) is 7.63. The topological polar surface area (TPSA) is 43.7 Å². The Morgan fingerprint density at radius 2 is 1.69 bits per heavy atom. The van der Waals surface area contributed by atoms with E-state index in [0.717, 1.165) is 17.5 Å². The molecule has 0 bridgehead atoms. The van der Waals surface area contributed by atoms with Gasteiger partial charge in [-0.05, 0) is 117 Å². The van der Waals surface area contributed by atoms with Gasteiger partial charge in [-0.2, -0.15) is 0 Å². The third-order valence-corrected chi connectivity index (χ3v) is 11.7. The summed E-state index contributed by atoms with van der Waals surface area (Å²) in [6, 6.07) is 1.86. The lowest BCUT2D eigenvalue weighted by atomic mass is 9.41. The maximum atomic E-state index is 10.5. The number of aromatic hydroxyl groups is 2. The molecule has 1 aliphatic heterocycles. The van der Waals surface area contributed by atoms with E-state index in [1.54, 1.807) is 5.57 Å². The molecule has 6 atom stereocenters. The summed E-state index contributed by atoms with van der Waals surface area (Å²) in [4.78, 5) is 2.74. The lowest BCUT2D eigenvalue weighted by Crippen LogP contribution is -2.55. The normalized spacial score (nSPS) is 42.6. The van der Waals surface area contributed by atoms with E-state index in [-0.39, 0.29) is 22.3 Å². The fourth-order valence-electron chi connectivity index (χ4n) is 9.35. The summed E-state index contributed by atoms with van der Waals surface area (Å²) in [5.74, 6) is 1.15. The minimum absolute atomic E-state index is 0.0256. The smallest absolute Gasteiger partial charge is 0.161 e. The molecule has 0 aromatic heterocycles. The minimum atomic E-state index is -0.0560. The largest absolute Gasteiger partial charge is 0.504 e. The van der Waals surface area contributed by atoms with E-state index in [0.29, 0.717) is 22.7 Å². The highest BCUT2D eigenvalue weighted by atomic mass is 16.3. The molecule has 190 valence electrons. The SMILES string of the molecule is Cc1c(O)c(O)cc2c1C=CC1[C@@]3(C)CC[C@@]4(C)CC[C@@](C)(CN5CCCC5)C[C@H]4C3=CC[C@@]21C. The van der Waals surface area contributed by atoms with Crippen molar-refractivity contribution in [1.82, 2.24) is 4.90 Å². The van der Waals surface area contributed by atoms with Crippen molar-refractivity contribution in [3.05, 3.63) is 40.5 Å². The number of phenols is 2. The molecule has 3 nitrogen and oxygen atoms in total. The van der Waals surface area contributed by atoms with E-state index >= 15 is 0 Å². The van der Waals surface area contributed by atoms with Crippen molar-refractivity contribution < 1.29 is 10.2 Å². The second-order valence-electron chi connectivity index (χ2n) is 14.1. The van der Waals surface area contributed by atoms with Gasteiger partial charge in [0, 0.05) is 17.5 Å². The van der Waals surface area contributed by atoms with Gasteiger partial charge in [-0.15, -0.1) is 0 Å². The number of fused-ring (bicyclic) bond motifs is 7. The second-order valence-corrected chi connectivity index (χ2v) is 14.1. The molecule has 1 aromatic carbocycles. The third kappa shape index (κ3) is 3.32. The summed E-state index contributed by atoms with van der Waals surface area (Å²) >= 11 is 0. The number of benzene rings is 1. The Labute approximate surface area is 212 Å². The number of hydrogen-bond donors (Lipinski definition) is 2. The van der Waals surface area contributed by atoms with Crippen LogP contribution in [-0.4, -0.2) is 34.7 Å². The van der Waals surface area contributed by atoms with Gasteiger partial charge in [0.25, 0.3) is 0 Å². The van der Waals surface area contributed by atoms with Crippen LogP contribution >= 0.6 is 0 Å². The maximum Gasteiger partial charge on any atom is 0.161 e. The average Bonchev–Trinajstić information content (AvgIpc) is 3.31. The highest BCUT2D eigenvalue weighted by Gasteiger charge is 2.59. The number of hydrogen-bond acceptors (Lipinski definition) is 3. The van der Waals surface area contributed by atoms with E-state index in [4.69, 9.17) is 0 Å². The van der Waals surface area contributed by atoms with Crippen LogP contribution in [0.3, 0.4) is 0 Å². The first-order valence-corrected chi connectivity index (χ1v) is 14.2. The van der Waals surface area contributed by atoms with Gasteiger partial charge in [0.15, 0.2) is 11.5 Å². The van der Waals surface area contributed by atoms with Crippen LogP contribution in [0, 0.1) is 35.0 Å². The Hall–Kier alpha value is -1.74. The highest BCUT2D eigenvalue weighted by Crippen LogP contribution is 2.68. The monoisotopic (exact) mass is 475 g/mol. The Bertz CT molecular complexity index is 1110. The summed E-state index contributed by atoms with van der Waals surface area (Å²) < 4.78 is 0. The van der Waals surface area contributed by atoms with Gasteiger partial charge in [0.1, 0.15) is 0 Å². The van der Waals surface area contributed by atoms with Crippen LogP contribution in [0.2, 0.25) is 0 Å². The van der Waals surface area contributed by atoms with Gasteiger partial charge < -0.3 is 15.1 Å². The lowest BCUT2D eigenvalue weighted by Gasteiger charge is -2.63. The predicted octanol–water partition coefficient (Wildman–Crippen LogP) is 7.35. The average molecular weight is 476 g/mol. The first-order chi connectivity index (χ1) is 16.5. The van der Waals surface area contributed by atoms with Gasteiger partial charge in [0.05, 0.1) is 0 Å². The molecule has 4 aliphatic carbocycles. The maximum absolute atomic E-state index is 10.5. The summed E-state index contributed by atoms with van der Waals surface area (Å²) in [6.07, 6.45) is 17.8. The van der Waals surface area contributed by atoms with Gasteiger partial charge in [-0.3, -0.25) is 0 Å². The number of rotatable bonds is 2. The van der Waals surface area contributed by atoms with Gasteiger partial charge in [0.2, 0.25) is 0 Å². The molecule has 3 fully saturated rings. The molecule has 5 aliphatic rings. The van der Waals surface area contributed by atoms with Gasteiger partial charge in [-0.25, -0.2) is 0 Å². The molecular formula is C32H45NO2. The quantitative estimate of drug-likeness (QED) is 0.347. The van der Waals surface area contributed by atoms with E-state index < -0.39 is 0 Å². The van der Waals surface area contributed by atoms with Crippen LogP contribution in [0.1, 0.15) is 95.8 Å². The number of likely N-dealkylation sites (tertiary alicyclic amines) is 1. The van der Waals surface area contributed by atoms with Crippen molar-refractivity contribution in [2.45, 2.75) is 91.4 Å². The van der Waals surface area contributed by atoms with Crippen LogP contribution in [-0.2, 0) is 5.41 Å². The number of phenolic OH excluding ortho intramolecular Hbond substituents is 2. The first-order valence-electron chi connectivity index (χ1n) is 14.2. The van der Waals surface area contributed by atoms with Crippen LogP contribution in [0.4, 0.5) is 0 Å². The first kappa shape index (κ1) is 23.6. The van der Waals surface area contributed by atoms with Gasteiger partial charge in [-0.1, -0.05) is 51.5 Å². The standard InChI is InChI=1S/C32H45NO2/c1-21-22-8-9-27-31(4,24(22)18-26(34)28(21)35)11-10-23-25-19-29(2,20-33-16-6-7-17-33)12-13-30(25,3)14-15-32(23,27)5/h8-10,18,25,27,34-35H,6-7,11-17,19-20H2,1-5H3/t25-,27?,29+,30+,31-,32-/m0/s1. The Kier molecular flexibility index (Phi) is 5.16. The molecule has 2 N–H and O–H groups in total. The van der Waals surface area contributed by atoms with Crippen molar-refractivity contribution in [3.8, 4) is 11.5 Å². The molecule has 3 heteroatoms. The molecule has 1 heterocycles. The lowest BCUT2D eigenvalue weighted by molar-refractivity contribution is -0.0329. The molecule has 0 spiro atoms. The third-order valence-electron chi connectivity index (χ3n) is 11.7. The van der Waals surface area contributed by atoms with Crippen molar-refractivity contribution >= 4 is 6.08 Å². The van der Waals surface area contributed by atoms with Crippen LogP contribution < -0.4 is 0 Å². The zero-order valence-corrected chi connectivity index (χ0v) is 22.6. The van der Waals surface area contributed by atoms with Crippen LogP contribution in [0.25, 0.3) is 6.08 Å². The van der Waals surface area contributed by atoms with E-state index in [1.165, 1.54) is 70.1 Å². The van der Waals surface area contributed by atoms with Crippen molar-refractivity contribution in [3.63, 3.8) is 0 Å². The van der Waals surface area contributed by atoms with E-state index in [2.05, 4.69) is 50.8 Å². The van der Waals surface area contributed by atoms with Gasteiger partial charge >= 0.3 is 0 Å². The Balaban J connectivity index is 1.39. The molecular weight excluding hydrogens is 430 g/mol. The highest BCUT2D eigenvalue weighted by molar-refractivity contribution is 5.70.